The zero-order valence-corrected chi connectivity index (χ0v) is 16.0. The summed E-state index contributed by atoms with van der Waals surface area (Å²) < 4.78 is 9.35. The van der Waals surface area contributed by atoms with E-state index in [1.807, 2.05) is 47.1 Å². The number of aromatic nitrogens is 3. The molecule has 1 unspecified atom stereocenters. The average molecular weight is 366 g/mol. The highest BCUT2D eigenvalue weighted by atomic mass is 16.5. The third-order valence-corrected chi connectivity index (χ3v) is 5.53. The highest BCUT2D eigenvalue weighted by molar-refractivity contribution is 5.98. The number of hydrogen-bond donors (Lipinski definition) is 0. The van der Waals surface area contributed by atoms with Crippen LogP contribution in [0.2, 0.25) is 0 Å². The predicted octanol–water partition coefficient (Wildman–Crippen LogP) is 3.04. The molecule has 1 aromatic carbocycles. The first kappa shape index (κ1) is 17.8. The van der Waals surface area contributed by atoms with Crippen LogP contribution in [0.25, 0.3) is 10.9 Å². The fourth-order valence-electron chi connectivity index (χ4n) is 4.09. The van der Waals surface area contributed by atoms with E-state index in [0.29, 0.717) is 13.2 Å². The monoisotopic (exact) mass is 366 g/mol. The maximum atomic E-state index is 13.2. The lowest BCUT2D eigenvalue weighted by atomic mass is 9.96. The van der Waals surface area contributed by atoms with Crippen molar-refractivity contribution in [2.45, 2.75) is 25.3 Å². The SMILES string of the molecule is COCCn1ccnc1C1CCCN(C(=O)c2cc3ccccc3n2C)C1. The minimum Gasteiger partial charge on any atom is -0.383 e. The molecule has 6 heteroatoms. The van der Waals surface area contributed by atoms with Gasteiger partial charge < -0.3 is 18.8 Å². The number of para-hydroxylation sites is 1. The van der Waals surface area contributed by atoms with Gasteiger partial charge in [0.05, 0.1) is 6.61 Å². The van der Waals surface area contributed by atoms with Crippen molar-refractivity contribution < 1.29 is 9.53 Å². The van der Waals surface area contributed by atoms with Crippen LogP contribution in [0, 0.1) is 0 Å². The standard InChI is InChI=1S/C21H26N4O2/c1-23-18-8-4-3-6-16(18)14-19(23)21(26)25-10-5-7-17(15-25)20-22-9-11-24(20)12-13-27-2/h3-4,6,8-9,11,14,17H,5,7,10,12-13,15H2,1-2H3. The predicted molar refractivity (Wildman–Crippen MR) is 105 cm³/mol. The molecule has 0 bridgehead atoms. The minimum absolute atomic E-state index is 0.105. The number of fused-ring (bicyclic) bond motifs is 1. The second kappa shape index (κ2) is 7.56. The molecule has 0 radical (unpaired) electrons. The lowest BCUT2D eigenvalue weighted by molar-refractivity contribution is 0.0693. The summed E-state index contributed by atoms with van der Waals surface area (Å²) in [7, 11) is 3.68. The number of hydrogen-bond acceptors (Lipinski definition) is 3. The number of carbonyl (C=O) groups excluding carboxylic acids is 1. The molecule has 27 heavy (non-hydrogen) atoms. The van der Waals surface area contributed by atoms with Gasteiger partial charge in [-0.2, -0.15) is 0 Å². The van der Waals surface area contributed by atoms with Crippen LogP contribution in [0.3, 0.4) is 0 Å². The Bertz CT molecular complexity index is 943. The number of likely N-dealkylation sites (tertiary alicyclic amines) is 1. The molecule has 0 spiro atoms. The summed E-state index contributed by atoms with van der Waals surface area (Å²) in [6.07, 6.45) is 5.90. The van der Waals surface area contributed by atoms with Crippen LogP contribution in [0.4, 0.5) is 0 Å². The number of benzene rings is 1. The highest BCUT2D eigenvalue weighted by Crippen LogP contribution is 2.28. The van der Waals surface area contributed by atoms with E-state index in [0.717, 1.165) is 48.4 Å². The second-order valence-corrected chi connectivity index (χ2v) is 7.21. The van der Waals surface area contributed by atoms with Crippen molar-refractivity contribution in [2.75, 3.05) is 26.8 Å². The summed E-state index contributed by atoms with van der Waals surface area (Å²) in [5.74, 6) is 1.43. The first-order chi connectivity index (χ1) is 13.2. The summed E-state index contributed by atoms with van der Waals surface area (Å²) in [6.45, 7) is 2.97. The Morgan fingerprint density at radius 1 is 1.33 bits per heavy atom. The fourth-order valence-corrected chi connectivity index (χ4v) is 4.09. The van der Waals surface area contributed by atoms with Crippen molar-refractivity contribution in [3.05, 3.63) is 54.2 Å². The van der Waals surface area contributed by atoms with E-state index in [-0.39, 0.29) is 11.8 Å². The Morgan fingerprint density at radius 2 is 2.19 bits per heavy atom. The summed E-state index contributed by atoms with van der Waals surface area (Å²) in [5.41, 5.74) is 1.84. The molecule has 1 fully saturated rings. The minimum atomic E-state index is 0.105. The lowest BCUT2D eigenvalue weighted by Gasteiger charge is -2.32. The van der Waals surface area contributed by atoms with Crippen LogP contribution < -0.4 is 0 Å². The molecular weight excluding hydrogens is 340 g/mol. The van der Waals surface area contributed by atoms with Gasteiger partial charge in [-0.25, -0.2) is 4.98 Å². The van der Waals surface area contributed by atoms with Gasteiger partial charge in [0.25, 0.3) is 5.91 Å². The van der Waals surface area contributed by atoms with Gasteiger partial charge in [0, 0.05) is 63.0 Å². The third-order valence-electron chi connectivity index (χ3n) is 5.53. The number of imidazole rings is 1. The molecule has 0 saturated carbocycles. The molecule has 0 N–H and O–H groups in total. The van der Waals surface area contributed by atoms with Crippen LogP contribution in [0.15, 0.2) is 42.7 Å². The van der Waals surface area contributed by atoms with Crippen LogP contribution in [0.5, 0.6) is 0 Å². The van der Waals surface area contributed by atoms with Gasteiger partial charge in [-0.05, 0) is 25.0 Å². The number of nitrogens with zero attached hydrogens (tertiary/aromatic N) is 4. The zero-order chi connectivity index (χ0) is 18.8. The summed E-state index contributed by atoms with van der Waals surface area (Å²) in [5, 5.41) is 1.10. The maximum Gasteiger partial charge on any atom is 0.270 e. The Morgan fingerprint density at radius 3 is 3.00 bits per heavy atom. The highest BCUT2D eigenvalue weighted by Gasteiger charge is 2.29. The van der Waals surface area contributed by atoms with Crippen molar-refractivity contribution in [1.82, 2.24) is 19.0 Å². The van der Waals surface area contributed by atoms with Crippen molar-refractivity contribution in [3.8, 4) is 0 Å². The van der Waals surface area contributed by atoms with Crippen LogP contribution in [-0.4, -0.2) is 51.7 Å². The molecule has 1 aliphatic heterocycles. The topological polar surface area (TPSA) is 52.3 Å². The number of methoxy groups -OCH3 is 1. The van der Waals surface area contributed by atoms with E-state index in [4.69, 9.17) is 4.74 Å². The normalized spacial score (nSPS) is 17.6. The number of carbonyl (C=O) groups is 1. The molecule has 1 aliphatic rings. The molecule has 6 nitrogen and oxygen atoms in total. The second-order valence-electron chi connectivity index (χ2n) is 7.21. The van der Waals surface area contributed by atoms with Gasteiger partial charge >= 0.3 is 0 Å². The van der Waals surface area contributed by atoms with E-state index in [1.165, 1.54) is 0 Å². The zero-order valence-electron chi connectivity index (χ0n) is 16.0. The van der Waals surface area contributed by atoms with E-state index in [1.54, 1.807) is 7.11 Å². The van der Waals surface area contributed by atoms with Crippen molar-refractivity contribution in [2.24, 2.45) is 7.05 Å². The van der Waals surface area contributed by atoms with Gasteiger partial charge in [-0.1, -0.05) is 18.2 Å². The van der Waals surface area contributed by atoms with Crippen molar-refractivity contribution in [3.63, 3.8) is 0 Å². The number of amides is 1. The molecular formula is C21H26N4O2. The van der Waals surface area contributed by atoms with Gasteiger partial charge in [0.1, 0.15) is 11.5 Å². The molecule has 3 aromatic rings. The molecule has 3 heterocycles. The molecule has 1 atom stereocenters. The van der Waals surface area contributed by atoms with Crippen LogP contribution in [-0.2, 0) is 18.3 Å². The Balaban J connectivity index is 1.55. The Kier molecular flexibility index (Phi) is 4.99. The first-order valence-corrected chi connectivity index (χ1v) is 9.52. The molecule has 4 rings (SSSR count). The Labute approximate surface area is 159 Å². The van der Waals surface area contributed by atoms with Crippen LogP contribution in [0.1, 0.15) is 35.1 Å². The molecule has 0 aliphatic carbocycles. The number of piperidine rings is 1. The van der Waals surface area contributed by atoms with Crippen LogP contribution >= 0.6 is 0 Å². The van der Waals surface area contributed by atoms with E-state index >= 15 is 0 Å². The number of rotatable bonds is 5. The van der Waals surface area contributed by atoms with E-state index in [2.05, 4.69) is 21.7 Å². The van der Waals surface area contributed by atoms with Crippen molar-refractivity contribution in [1.29, 1.82) is 0 Å². The smallest absolute Gasteiger partial charge is 0.270 e. The lowest BCUT2D eigenvalue weighted by Crippen LogP contribution is -2.40. The number of ether oxygens (including phenoxy) is 1. The van der Waals surface area contributed by atoms with Gasteiger partial charge in [0.2, 0.25) is 0 Å². The van der Waals surface area contributed by atoms with Gasteiger partial charge in [0.15, 0.2) is 0 Å². The quantitative estimate of drug-likeness (QED) is 0.697. The molecule has 2 aromatic heterocycles. The Hall–Kier alpha value is -2.60. The number of aryl methyl sites for hydroxylation is 1. The fraction of sp³-hybridized carbons (Fsp3) is 0.429. The van der Waals surface area contributed by atoms with Gasteiger partial charge in [-0.3, -0.25) is 4.79 Å². The maximum absolute atomic E-state index is 13.2. The van der Waals surface area contributed by atoms with Gasteiger partial charge in [-0.15, -0.1) is 0 Å². The summed E-state index contributed by atoms with van der Waals surface area (Å²) in [6, 6.07) is 10.1. The van der Waals surface area contributed by atoms with E-state index in [9.17, 15) is 4.79 Å². The summed E-state index contributed by atoms with van der Waals surface area (Å²) >= 11 is 0. The molecule has 1 saturated heterocycles. The average Bonchev–Trinajstić information content (AvgIpc) is 3.31. The molecule has 142 valence electrons. The largest absolute Gasteiger partial charge is 0.383 e. The first-order valence-electron chi connectivity index (χ1n) is 9.52. The van der Waals surface area contributed by atoms with Crippen molar-refractivity contribution >= 4 is 16.8 Å². The molecule has 1 amide bonds. The third kappa shape index (κ3) is 3.37. The summed E-state index contributed by atoms with van der Waals surface area (Å²) in [4.78, 5) is 19.8. The van der Waals surface area contributed by atoms with E-state index < -0.39 is 0 Å².